The van der Waals surface area contributed by atoms with Crippen LogP contribution in [0.15, 0.2) is 24.3 Å². The Morgan fingerprint density at radius 2 is 2.29 bits per heavy atom. The molecule has 1 N–H and O–H groups in total. The number of imidazole rings is 1. The van der Waals surface area contributed by atoms with Crippen molar-refractivity contribution in [3.63, 3.8) is 0 Å². The zero-order valence-corrected chi connectivity index (χ0v) is 9.89. The van der Waals surface area contributed by atoms with E-state index < -0.39 is 5.60 Å². The minimum atomic E-state index is -0.741. The first-order chi connectivity index (χ1) is 8.18. The van der Waals surface area contributed by atoms with Crippen LogP contribution in [0.2, 0.25) is 0 Å². The molecular formula is C13H16N2O2. The van der Waals surface area contributed by atoms with Gasteiger partial charge < -0.3 is 14.4 Å². The van der Waals surface area contributed by atoms with Gasteiger partial charge in [-0.2, -0.15) is 0 Å². The minimum absolute atomic E-state index is 0.413. The maximum Gasteiger partial charge on any atom is 0.112 e. The highest BCUT2D eigenvalue weighted by molar-refractivity contribution is 5.75. The van der Waals surface area contributed by atoms with Gasteiger partial charge in [0.25, 0.3) is 0 Å². The molecule has 17 heavy (non-hydrogen) atoms. The molecule has 4 nitrogen and oxygen atoms in total. The molecule has 1 fully saturated rings. The molecule has 1 unspecified atom stereocenters. The highest BCUT2D eigenvalue weighted by Crippen LogP contribution is 2.24. The second-order valence-electron chi connectivity index (χ2n) is 4.78. The summed E-state index contributed by atoms with van der Waals surface area (Å²) >= 11 is 0. The van der Waals surface area contributed by atoms with Crippen LogP contribution in [0.4, 0.5) is 0 Å². The topological polar surface area (TPSA) is 47.3 Å². The number of hydrogen-bond acceptors (Lipinski definition) is 3. The van der Waals surface area contributed by atoms with Crippen LogP contribution in [0.1, 0.15) is 12.2 Å². The number of nitrogens with zero attached hydrogens (tertiary/aromatic N) is 2. The summed E-state index contributed by atoms with van der Waals surface area (Å²) in [5.74, 6) is 0.916. The van der Waals surface area contributed by atoms with Crippen molar-refractivity contribution in [2.45, 2.75) is 18.4 Å². The molecule has 0 bridgehead atoms. The van der Waals surface area contributed by atoms with Gasteiger partial charge in [-0.15, -0.1) is 0 Å². The number of rotatable bonds is 2. The van der Waals surface area contributed by atoms with Crippen molar-refractivity contribution in [2.24, 2.45) is 7.05 Å². The fourth-order valence-corrected chi connectivity index (χ4v) is 2.38. The maximum atomic E-state index is 10.3. The fourth-order valence-electron chi connectivity index (χ4n) is 2.38. The Hall–Kier alpha value is -1.39. The number of ether oxygens (including phenoxy) is 1. The van der Waals surface area contributed by atoms with Crippen molar-refractivity contribution < 1.29 is 9.84 Å². The second-order valence-corrected chi connectivity index (χ2v) is 4.78. The Morgan fingerprint density at radius 3 is 3.00 bits per heavy atom. The van der Waals surface area contributed by atoms with Crippen LogP contribution in [-0.4, -0.2) is 33.5 Å². The zero-order valence-electron chi connectivity index (χ0n) is 9.89. The Balaban J connectivity index is 1.97. The number of aromatic nitrogens is 2. The van der Waals surface area contributed by atoms with Crippen LogP contribution in [-0.2, 0) is 18.2 Å². The van der Waals surface area contributed by atoms with Crippen LogP contribution in [0.25, 0.3) is 11.0 Å². The van der Waals surface area contributed by atoms with E-state index in [1.807, 2.05) is 35.9 Å². The lowest BCUT2D eigenvalue weighted by Gasteiger charge is -2.19. The quantitative estimate of drug-likeness (QED) is 0.848. The van der Waals surface area contributed by atoms with Gasteiger partial charge in [-0.25, -0.2) is 4.98 Å². The lowest BCUT2D eigenvalue weighted by atomic mass is 9.99. The molecule has 1 aromatic heterocycles. The number of hydrogen-bond donors (Lipinski definition) is 1. The van der Waals surface area contributed by atoms with Crippen LogP contribution in [0.3, 0.4) is 0 Å². The zero-order chi connectivity index (χ0) is 11.9. The largest absolute Gasteiger partial charge is 0.387 e. The summed E-state index contributed by atoms with van der Waals surface area (Å²) in [4.78, 5) is 4.57. The van der Waals surface area contributed by atoms with Crippen molar-refractivity contribution in [3.05, 3.63) is 30.1 Å². The molecule has 0 aliphatic carbocycles. The molecule has 1 aliphatic rings. The van der Waals surface area contributed by atoms with Gasteiger partial charge in [0, 0.05) is 26.5 Å². The average Bonchev–Trinajstić information content (AvgIpc) is 2.86. The molecule has 1 aliphatic heterocycles. The average molecular weight is 232 g/mol. The van der Waals surface area contributed by atoms with Gasteiger partial charge >= 0.3 is 0 Å². The molecule has 2 aromatic rings. The van der Waals surface area contributed by atoms with Crippen molar-refractivity contribution in [1.82, 2.24) is 9.55 Å². The van der Waals surface area contributed by atoms with Crippen molar-refractivity contribution >= 4 is 11.0 Å². The first kappa shape index (κ1) is 10.7. The summed E-state index contributed by atoms with van der Waals surface area (Å²) in [5.41, 5.74) is 1.34. The normalized spacial score (nSPS) is 24.6. The Bertz CT molecular complexity index is 541. The van der Waals surface area contributed by atoms with Crippen LogP contribution in [0.5, 0.6) is 0 Å². The molecule has 1 atom stereocenters. The maximum absolute atomic E-state index is 10.3. The van der Waals surface area contributed by atoms with Gasteiger partial charge in [-0.3, -0.25) is 0 Å². The molecule has 3 rings (SSSR count). The molecule has 1 saturated heterocycles. The highest BCUT2D eigenvalue weighted by atomic mass is 16.5. The number of aliphatic hydroxyl groups is 1. The number of benzene rings is 1. The molecule has 4 heteroatoms. The third-order valence-electron chi connectivity index (χ3n) is 3.45. The Labute approximate surface area is 99.8 Å². The lowest BCUT2D eigenvalue weighted by Crippen LogP contribution is -2.32. The van der Waals surface area contributed by atoms with Crippen LogP contribution in [0, 0.1) is 0 Å². The SMILES string of the molecule is Cn1c(CC2(O)CCOC2)nc2ccccc21. The molecule has 0 saturated carbocycles. The van der Waals surface area contributed by atoms with Gasteiger partial charge in [-0.05, 0) is 12.1 Å². The standard InChI is InChI=1S/C13H16N2O2/c1-15-11-5-3-2-4-10(11)14-12(15)8-13(16)6-7-17-9-13/h2-5,16H,6-9H2,1H3. The van der Waals surface area contributed by atoms with Crippen LogP contribution >= 0.6 is 0 Å². The monoisotopic (exact) mass is 232 g/mol. The van der Waals surface area contributed by atoms with Gasteiger partial charge in [-0.1, -0.05) is 12.1 Å². The van der Waals surface area contributed by atoms with Crippen molar-refractivity contribution in [3.8, 4) is 0 Å². The number of aryl methyl sites for hydroxylation is 1. The molecule has 0 spiro atoms. The predicted octanol–water partition coefficient (Wildman–Crippen LogP) is 1.27. The molecule has 0 amide bonds. The van der Waals surface area contributed by atoms with E-state index in [-0.39, 0.29) is 0 Å². The van der Waals surface area contributed by atoms with Gasteiger partial charge in [0.15, 0.2) is 0 Å². The van der Waals surface area contributed by atoms with E-state index in [9.17, 15) is 5.11 Å². The van der Waals surface area contributed by atoms with E-state index in [4.69, 9.17) is 4.74 Å². The smallest absolute Gasteiger partial charge is 0.112 e. The summed E-state index contributed by atoms with van der Waals surface area (Å²) in [7, 11) is 1.99. The molecule has 0 radical (unpaired) electrons. The second kappa shape index (κ2) is 3.82. The van der Waals surface area contributed by atoms with E-state index in [0.29, 0.717) is 26.1 Å². The first-order valence-corrected chi connectivity index (χ1v) is 5.88. The summed E-state index contributed by atoms with van der Waals surface area (Å²) in [6.07, 6.45) is 1.24. The van der Waals surface area contributed by atoms with E-state index in [1.54, 1.807) is 0 Å². The lowest BCUT2D eigenvalue weighted by molar-refractivity contribution is 0.0250. The third-order valence-corrected chi connectivity index (χ3v) is 3.45. The van der Waals surface area contributed by atoms with Gasteiger partial charge in [0.2, 0.25) is 0 Å². The predicted molar refractivity (Wildman–Crippen MR) is 64.8 cm³/mol. The summed E-state index contributed by atoms with van der Waals surface area (Å²) in [6, 6.07) is 8.02. The third kappa shape index (κ3) is 1.83. The van der Waals surface area contributed by atoms with E-state index in [2.05, 4.69) is 4.98 Å². The number of fused-ring (bicyclic) bond motifs is 1. The summed E-state index contributed by atoms with van der Waals surface area (Å²) in [6.45, 7) is 1.05. The molecule has 1 aromatic carbocycles. The van der Waals surface area contributed by atoms with Crippen molar-refractivity contribution in [1.29, 1.82) is 0 Å². The van der Waals surface area contributed by atoms with Gasteiger partial charge in [0.1, 0.15) is 5.82 Å². The van der Waals surface area contributed by atoms with Gasteiger partial charge in [0.05, 0.1) is 23.2 Å². The molecule has 2 heterocycles. The first-order valence-electron chi connectivity index (χ1n) is 5.88. The number of para-hydroxylation sites is 2. The fraction of sp³-hybridized carbons (Fsp3) is 0.462. The highest BCUT2D eigenvalue weighted by Gasteiger charge is 2.33. The Morgan fingerprint density at radius 1 is 1.47 bits per heavy atom. The van der Waals surface area contributed by atoms with Crippen LogP contribution < -0.4 is 0 Å². The van der Waals surface area contributed by atoms with E-state index in [0.717, 1.165) is 16.9 Å². The Kier molecular flexibility index (Phi) is 2.42. The summed E-state index contributed by atoms with van der Waals surface area (Å²) < 4.78 is 7.31. The molecule has 90 valence electrons. The van der Waals surface area contributed by atoms with E-state index in [1.165, 1.54) is 0 Å². The minimum Gasteiger partial charge on any atom is -0.387 e. The van der Waals surface area contributed by atoms with Crippen molar-refractivity contribution in [2.75, 3.05) is 13.2 Å². The summed E-state index contributed by atoms with van der Waals surface area (Å²) in [5, 5.41) is 10.3. The van der Waals surface area contributed by atoms with E-state index >= 15 is 0 Å². The molecular weight excluding hydrogens is 216 g/mol.